The molecule has 1 aromatic heterocycles. The molecule has 7 heteroatoms. The summed E-state index contributed by atoms with van der Waals surface area (Å²) in [5.41, 5.74) is 5.86. The van der Waals surface area contributed by atoms with Gasteiger partial charge >= 0.3 is 0 Å². The average molecular weight is 237 g/mol. The molecular formula is C10H12FN5O. The van der Waals surface area contributed by atoms with Gasteiger partial charge in [-0.3, -0.25) is 0 Å². The molecule has 0 amide bonds. The second-order valence-electron chi connectivity index (χ2n) is 3.35. The molecule has 17 heavy (non-hydrogen) atoms. The van der Waals surface area contributed by atoms with Gasteiger partial charge in [0.1, 0.15) is 0 Å². The van der Waals surface area contributed by atoms with E-state index >= 15 is 0 Å². The van der Waals surface area contributed by atoms with Gasteiger partial charge in [0.05, 0.1) is 12.8 Å². The summed E-state index contributed by atoms with van der Waals surface area (Å²) in [5, 5.41) is 11.7. The maximum atomic E-state index is 13.5. The van der Waals surface area contributed by atoms with E-state index in [1.807, 2.05) is 0 Å². The molecule has 6 nitrogen and oxygen atoms in total. The summed E-state index contributed by atoms with van der Waals surface area (Å²) in [6.45, 7) is 0.447. The highest BCUT2D eigenvalue weighted by molar-refractivity contribution is 5.37. The number of hydrogen-bond acceptors (Lipinski definition) is 5. The predicted molar refractivity (Wildman–Crippen MR) is 58.4 cm³/mol. The SMILES string of the molecule is COc1ccc(-n2nnc(CCN)n2)cc1F. The molecule has 0 aliphatic carbocycles. The summed E-state index contributed by atoms with van der Waals surface area (Å²) >= 11 is 0. The van der Waals surface area contributed by atoms with Crippen molar-refractivity contribution in [3.05, 3.63) is 29.8 Å². The second-order valence-corrected chi connectivity index (χ2v) is 3.35. The number of benzene rings is 1. The molecule has 0 bridgehead atoms. The number of nitrogens with zero attached hydrogens (tertiary/aromatic N) is 4. The van der Waals surface area contributed by atoms with Crippen LogP contribution in [0.4, 0.5) is 4.39 Å². The highest BCUT2D eigenvalue weighted by Gasteiger charge is 2.08. The van der Waals surface area contributed by atoms with Gasteiger partial charge < -0.3 is 10.5 Å². The largest absolute Gasteiger partial charge is 0.494 e. The number of hydrogen-bond donors (Lipinski definition) is 1. The van der Waals surface area contributed by atoms with Crippen LogP contribution in [0.25, 0.3) is 5.69 Å². The fourth-order valence-corrected chi connectivity index (χ4v) is 1.36. The molecule has 0 unspecified atom stereocenters. The van der Waals surface area contributed by atoms with Crippen LogP contribution >= 0.6 is 0 Å². The van der Waals surface area contributed by atoms with Crippen molar-refractivity contribution in [2.75, 3.05) is 13.7 Å². The number of ether oxygens (including phenoxy) is 1. The monoisotopic (exact) mass is 237 g/mol. The number of rotatable bonds is 4. The molecule has 0 radical (unpaired) electrons. The van der Waals surface area contributed by atoms with Crippen molar-refractivity contribution < 1.29 is 9.13 Å². The number of halogens is 1. The van der Waals surface area contributed by atoms with Crippen LogP contribution in [0.3, 0.4) is 0 Å². The van der Waals surface area contributed by atoms with Gasteiger partial charge in [0.2, 0.25) is 0 Å². The molecular weight excluding hydrogens is 225 g/mol. The molecule has 0 atom stereocenters. The molecule has 0 saturated heterocycles. The Kier molecular flexibility index (Phi) is 3.29. The molecule has 90 valence electrons. The van der Waals surface area contributed by atoms with E-state index < -0.39 is 5.82 Å². The lowest BCUT2D eigenvalue weighted by molar-refractivity contribution is 0.386. The van der Waals surface area contributed by atoms with Crippen LogP contribution in [0.2, 0.25) is 0 Å². The first-order valence-electron chi connectivity index (χ1n) is 5.07. The highest BCUT2D eigenvalue weighted by atomic mass is 19.1. The first kappa shape index (κ1) is 11.5. The van der Waals surface area contributed by atoms with Gasteiger partial charge in [-0.2, -0.15) is 0 Å². The van der Waals surface area contributed by atoms with Crippen LogP contribution in [0.5, 0.6) is 5.75 Å². The van der Waals surface area contributed by atoms with E-state index in [0.29, 0.717) is 24.5 Å². The van der Waals surface area contributed by atoms with E-state index in [9.17, 15) is 4.39 Å². The first-order chi connectivity index (χ1) is 8.24. The van der Waals surface area contributed by atoms with E-state index in [1.165, 1.54) is 24.0 Å². The molecule has 0 fully saturated rings. The van der Waals surface area contributed by atoms with Crippen LogP contribution < -0.4 is 10.5 Å². The summed E-state index contributed by atoms with van der Waals surface area (Å²) in [6.07, 6.45) is 0.540. The highest BCUT2D eigenvalue weighted by Crippen LogP contribution is 2.18. The molecule has 1 heterocycles. The third-order valence-corrected chi connectivity index (χ3v) is 2.19. The van der Waals surface area contributed by atoms with Crippen LogP contribution in [0, 0.1) is 5.82 Å². The summed E-state index contributed by atoms with van der Waals surface area (Å²) in [6, 6.07) is 4.44. The third kappa shape index (κ3) is 2.39. The summed E-state index contributed by atoms with van der Waals surface area (Å²) in [4.78, 5) is 1.26. The molecule has 2 N–H and O–H groups in total. The van der Waals surface area contributed by atoms with Crippen LogP contribution in [-0.2, 0) is 6.42 Å². The van der Waals surface area contributed by atoms with E-state index in [0.717, 1.165) is 0 Å². The lowest BCUT2D eigenvalue weighted by Crippen LogP contribution is -2.05. The zero-order valence-electron chi connectivity index (χ0n) is 9.30. The Morgan fingerprint density at radius 3 is 2.94 bits per heavy atom. The molecule has 0 aliphatic rings. The Morgan fingerprint density at radius 2 is 2.29 bits per heavy atom. The maximum Gasteiger partial charge on any atom is 0.176 e. The quantitative estimate of drug-likeness (QED) is 0.828. The van der Waals surface area contributed by atoms with Gasteiger partial charge in [-0.05, 0) is 23.9 Å². The molecule has 0 saturated carbocycles. The Labute approximate surface area is 97.2 Å². The minimum atomic E-state index is -0.470. The summed E-state index contributed by atoms with van der Waals surface area (Å²) in [7, 11) is 1.41. The molecule has 0 aliphatic heterocycles. The minimum absolute atomic E-state index is 0.177. The number of tetrazole rings is 1. The average Bonchev–Trinajstić information content (AvgIpc) is 2.78. The van der Waals surface area contributed by atoms with Crippen molar-refractivity contribution in [1.82, 2.24) is 20.2 Å². The topological polar surface area (TPSA) is 78.8 Å². The molecule has 1 aromatic carbocycles. The minimum Gasteiger partial charge on any atom is -0.494 e. The standard InChI is InChI=1S/C10H12FN5O/c1-17-9-3-2-7(6-8(9)11)16-14-10(4-5-12)13-15-16/h2-3,6H,4-5,12H2,1H3. The number of methoxy groups -OCH3 is 1. The van der Waals surface area contributed by atoms with Crippen molar-refractivity contribution in [3.63, 3.8) is 0 Å². The van der Waals surface area contributed by atoms with Crippen LogP contribution in [-0.4, -0.2) is 33.9 Å². The summed E-state index contributed by atoms with van der Waals surface area (Å²) < 4.78 is 18.3. The van der Waals surface area contributed by atoms with E-state index in [2.05, 4.69) is 15.4 Å². The van der Waals surface area contributed by atoms with Gasteiger partial charge in [0.15, 0.2) is 17.4 Å². The zero-order valence-corrected chi connectivity index (χ0v) is 9.30. The molecule has 2 aromatic rings. The molecule has 2 rings (SSSR count). The Hall–Kier alpha value is -2.02. The number of aromatic nitrogens is 4. The normalized spacial score (nSPS) is 10.5. The lowest BCUT2D eigenvalue weighted by atomic mass is 10.3. The van der Waals surface area contributed by atoms with Crippen molar-refractivity contribution >= 4 is 0 Å². The second kappa shape index (κ2) is 4.88. The van der Waals surface area contributed by atoms with Gasteiger partial charge in [0.25, 0.3) is 0 Å². The van der Waals surface area contributed by atoms with Gasteiger partial charge in [-0.15, -0.1) is 15.0 Å². The van der Waals surface area contributed by atoms with Crippen molar-refractivity contribution in [2.24, 2.45) is 5.73 Å². The Morgan fingerprint density at radius 1 is 1.47 bits per heavy atom. The van der Waals surface area contributed by atoms with E-state index in [-0.39, 0.29) is 5.75 Å². The zero-order chi connectivity index (χ0) is 12.3. The van der Waals surface area contributed by atoms with Gasteiger partial charge in [-0.1, -0.05) is 0 Å². The fraction of sp³-hybridized carbons (Fsp3) is 0.300. The summed E-state index contributed by atoms with van der Waals surface area (Å²) in [5.74, 6) is 0.238. The van der Waals surface area contributed by atoms with Crippen molar-refractivity contribution in [3.8, 4) is 11.4 Å². The van der Waals surface area contributed by atoms with Crippen LogP contribution in [0.15, 0.2) is 18.2 Å². The van der Waals surface area contributed by atoms with Crippen molar-refractivity contribution in [1.29, 1.82) is 0 Å². The third-order valence-electron chi connectivity index (χ3n) is 2.19. The fourth-order valence-electron chi connectivity index (χ4n) is 1.36. The van der Waals surface area contributed by atoms with Gasteiger partial charge in [0, 0.05) is 12.5 Å². The van der Waals surface area contributed by atoms with Crippen molar-refractivity contribution in [2.45, 2.75) is 6.42 Å². The van der Waals surface area contributed by atoms with Gasteiger partial charge in [-0.25, -0.2) is 4.39 Å². The van der Waals surface area contributed by atoms with E-state index in [1.54, 1.807) is 6.07 Å². The Balaban J connectivity index is 2.29. The predicted octanol–water partition coefficient (Wildman–Crippen LogP) is 0.311. The molecule has 0 spiro atoms. The first-order valence-corrected chi connectivity index (χ1v) is 5.07. The lowest BCUT2D eigenvalue weighted by Gasteiger charge is -2.03. The number of nitrogens with two attached hydrogens (primary N) is 1. The maximum absolute atomic E-state index is 13.5. The Bertz CT molecular complexity index is 513. The van der Waals surface area contributed by atoms with Crippen LogP contribution in [0.1, 0.15) is 5.82 Å². The van der Waals surface area contributed by atoms with E-state index in [4.69, 9.17) is 10.5 Å². The smallest absolute Gasteiger partial charge is 0.176 e.